The number of benzene rings is 1. The van der Waals surface area contributed by atoms with Crippen molar-refractivity contribution < 1.29 is 9.53 Å². The van der Waals surface area contributed by atoms with Gasteiger partial charge in [-0.3, -0.25) is 9.78 Å². The average Bonchev–Trinajstić information content (AvgIpc) is 2.57. The van der Waals surface area contributed by atoms with Crippen LogP contribution in [0.1, 0.15) is 17.3 Å². The number of ether oxygens (including phenoxy) is 1. The highest BCUT2D eigenvalue weighted by Gasteiger charge is 2.24. The normalized spacial score (nSPS) is 17.8. The maximum absolute atomic E-state index is 12.6. The van der Waals surface area contributed by atoms with Crippen LogP contribution in [0.4, 0.5) is 0 Å². The molecule has 1 aliphatic heterocycles. The van der Waals surface area contributed by atoms with Gasteiger partial charge >= 0.3 is 0 Å². The van der Waals surface area contributed by atoms with E-state index in [1.54, 1.807) is 42.7 Å². The van der Waals surface area contributed by atoms with Gasteiger partial charge in [-0.1, -0.05) is 11.6 Å². The third kappa shape index (κ3) is 3.63. The lowest BCUT2D eigenvalue weighted by Crippen LogP contribution is -2.52. The van der Waals surface area contributed by atoms with Gasteiger partial charge in [0.1, 0.15) is 11.5 Å². The second kappa shape index (κ2) is 6.98. The van der Waals surface area contributed by atoms with Crippen LogP contribution in [0.15, 0.2) is 42.7 Å². The van der Waals surface area contributed by atoms with E-state index in [1.807, 2.05) is 11.8 Å². The summed E-state index contributed by atoms with van der Waals surface area (Å²) in [4.78, 5) is 18.4. The molecule has 1 fully saturated rings. The van der Waals surface area contributed by atoms with Crippen LogP contribution in [0.3, 0.4) is 0 Å². The van der Waals surface area contributed by atoms with Crippen molar-refractivity contribution in [1.29, 1.82) is 0 Å². The second-order valence-corrected chi connectivity index (χ2v) is 5.89. The lowest BCUT2D eigenvalue weighted by atomic mass is 10.1. The molecular weight excluding hydrogens is 314 g/mol. The molecule has 0 unspecified atom stereocenters. The first-order chi connectivity index (χ1) is 11.1. The number of hydrogen-bond acceptors (Lipinski definition) is 4. The first-order valence-electron chi connectivity index (χ1n) is 7.54. The first-order valence-corrected chi connectivity index (χ1v) is 7.92. The lowest BCUT2D eigenvalue weighted by molar-refractivity contribution is 0.0656. The number of pyridine rings is 1. The Morgan fingerprint density at radius 3 is 2.83 bits per heavy atom. The zero-order valence-electron chi connectivity index (χ0n) is 12.8. The largest absolute Gasteiger partial charge is 0.456 e. The van der Waals surface area contributed by atoms with Gasteiger partial charge in [0.05, 0.1) is 5.02 Å². The van der Waals surface area contributed by atoms with E-state index in [0.29, 0.717) is 28.6 Å². The highest BCUT2D eigenvalue weighted by molar-refractivity contribution is 6.32. The van der Waals surface area contributed by atoms with Gasteiger partial charge in [-0.25, -0.2) is 0 Å². The molecule has 0 bridgehead atoms. The van der Waals surface area contributed by atoms with Crippen LogP contribution in [0, 0.1) is 0 Å². The van der Waals surface area contributed by atoms with Gasteiger partial charge < -0.3 is 15.0 Å². The highest BCUT2D eigenvalue weighted by Crippen LogP contribution is 2.30. The Kier molecular flexibility index (Phi) is 4.79. The van der Waals surface area contributed by atoms with E-state index in [1.165, 1.54) is 0 Å². The molecule has 1 N–H and O–H groups in total. The molecule has 2 heterocycles. The van der Waals surface area contributed by atoms with Crippen molar-refractivity contribution in [3.05, 3.63) is 53.3 Å². The second-order valence-electron chi connectivity index (χ2n) is 5.48. The topological polar surface area (TPSA) is 54.5 Å². The number of aromatic nitrogens is 1. The molecule has 3 rings (SSSR count). The summed E-state index contributed by atoms with van der Waals surface area (Å²) in [5.41, 5.74) is 0.575. The summed E-state index contributed by atoms with van der Waals surface area (Å²) >= 11 is 6.27. The minimum Gasteiger partial charge on any atom is -0.456 e. The number of amides is 1. The Morgan fingerprint density at radius 1 is 1.35 bits per heavy atom. The van der Waals surface area contributed by atoms with Crippen LogP contribution in [0.25, 0.3) is 0 Å². The molecule has 0 saturated carbocycles. The SMILES string of the molecule is C[C@H]1CNCCN1C(=O)c1ccc(Oc2ccncc2)c(Cl)c1. The number of carbonyl (C=O) groups excluding carboxylic acids is 1. The van der Waals surface area contributed by atoms with E-state index < -0.39 is 0 Å². The number of rotatable bonds is 3. The number of halogens is 1. The third-order valence-electron chi connectivity index (χ3n) is 3.82. The first kappa shape index (κ1) is 15.8. The average molecular weight is 332 g/mol. The Bertz CT molecular complexity index is 693. The van der Waals surface area contributed by atoms with E-state index in [0.717, 1.165) is 13.1 Å². The number of carbonyl (C=O) groups is 1. The maximum Gasteiger partial charge on any atom is 0.254 e. The summed E-state index contributed by atoms with van der Waals surface area (Å²) in [5.74, 6) is 1.16. The summed E-state index contributed by atoms with van der Waals surface area (Å²) in [6, 6.07) is 8.80. The van der Waals surface area contributed by atoms with Crippen molar-refractivity contribution >= 4 is 17.5 Å². The molecule has 2 aromatic rings. The van der Waals surface area contributed by atoms with Gasteiger partial charge in [-0.05, 0) is 37.3 Å². The molecule has 1 aromatic heterocycles. The molecular formula is C17H18ClN3O2. The van der Waals surface area contributed by atoms with Crippen molar-refractivity contribution in [1.82, 2.24) is 15.2 Å². The monoisotopic (exact) mass is 331 g/mol. The van der Waals surface area contributed by atoms with Gasteiger partial charge in [0.2, 0.25) is 0 Å². The Hall–Kier alpha value is -2.11. The van der Waals surface area contributed by atoms with Crippen molar-refractivity contribution in [2.45, 2.75) is 13.0 Å². The van der Waals surface area contributed by atoms with Crippen LogP contribution in [0.2, 0.25) is 5.02 Å². The molecule has 1 amide bonds. The predicted molar refractivity (Wildman–Crippen MR) is 89.1 cm³/mol. The number of hydrogen-bond donors (Lipinski definition) is 1. The zero-order chi connectivity index (χ0) is 16.2. The number of piperazine rings is 1. The van der Waals surface area contributed by atoms with Crippen molar-refractivity contribution in [3.63, 3.8) is 0 Å². The number of nitrogens with zero attached hydrogens (tertiary/aromatic N) is 2. The van der Waals surface area contributed by atoms with Gasteiger partial charge in [0, 0.05) is 43.6 Å². The van der Waals surface area contributed by atoms with Crippen LogP contribution in [-0.4, -0.2) is 41.5 Å². The number of nitrogens with one attached hydrogen (secondary N) is 1. The van der Waals surface area contributed by atoms with Crippen LogP contribution in [-0.2, 0) is 0 Å². The summed E-state index contributed by atoms with van der Waals surface area (Å²) in [5, 5.41) is 3.69. The smallest absolute Gasteiger partial charge is 0.254 e. The molecule has 5 nitrogen and oxygen atoms in total. The fourth-order valence-corrected chi connectivity index (χ4v) is 2.78. The summed E-state index contributed by atoms with van der Waals surface area (Å²) in [6.07, 6.45) is 3.29. The van der Waals surface area contributed by atoms with E-state index >= 15 is 0 Å². The molecule has 1 aromatic carbocycles. The van der Waals surface area contributed by atoms with Crippen LogP contribution in [0.5, 0.6) is 11.5 Å². The van der Waals surface area contributed by atoms with Crippen molar-refractivity contribution in [3.8, 4) is 11.5 Å². The minimum atomic E-state index is -0.00337. The Morgan fingerprint density at radius 2 is 2.13 bits per heavy atom. The molecule has 6 heteroatoms. The molecule has 120 valence electrons. The Balaban J connectivity index is 1.77. The van der Waals surface area contributed by atoms with E-state index in [4.69, 9.17) is 16.3 Å². The summed E-state index contributed by atoms with van der Waals surface area (Å²) in [7, 11) is 0. The molecule has 1 aliphatic rings. The fourth-order valence-electron chi connectivity index (χ4n) is 2.56. The highest BCUT2D eigenvalue weighted by atomic mass is 35.5. The standard InChI is InChI=1S/C17H18ClN3O2/c1-12-11-20-8-9-21(12)17(22)13-2-3-16(15(18)10-13)23-14-4-6-19-7-5-14/h2-7,10,12,20H,8-9,11H2,1H3/t12-/m0/s1. The molecule has 0 spiro atoms. The van der Waals surface area contributed by atoms with Gasteiger partial charge in [-0.2, -0.15) is 0 Å². The third-order valence-corrected chi connectivity index (χ3v) is 4.11. The molecule has 0 aliphatic carbocycles. The maximum atomic E-state index is 12.6. The quantitative estimate of drug-likeness (QED) is 0.939. The lowest BCUT2D eigenvalue weighted by Gasteiger charge is -2.34. The summed E-state index contributed by atoms with van der Waals surface area (Å²) < 4.78 is 5.70. The van der Waals surface area contributed by atoms with Crippen molar-refractivity contribution in [2.75, 3.05) is 19.6 Å². The fraction of sp³-hybridized carbons (Fsp3) is 0.294. The van der Waals surface area contributed by atoms with Gasteiger partial charge in [0.15, 0.2) is 0 Å². The van der Waals surface area contributed by atoms with Crippen LogP contribution >= 0.6 is 11.6 Å². The zero-order valence-corrected chi connectivity index (χ0v) is 13.6. The van der Waals surface area contributed by atoms with Crippen LogP contribution < -0.4 is 10.1 Å². The van der Waals surface area contributed by atoms with Gasteiger partial charge in [0.25, 0.3) is 5.91 Å². The Labute approximate surface area is 140 Å². The molecule has 1 atom stereocenters. The molecule has 0 radical (unpaired) electrons. The van der Waals surface area contributed by atoms with Crippen molar-refractivity contribution in [2.24, 2.45) is 0 Å². The van der Waals surface area contributed by atoms with Gasteiger partial charge in [-0.15, -0.1) is 0 Å². The minimum absolute atomic E-state index is 0.00337. The van der Waals surface area contributed by atoms with E-state index in [-0.39, 0.29) is 11.9 Å². The van der Waals surface area contributed by atoms with E-state index in [2.05, 4.69) is 10.3 Å². The van der Waals surface area contributed by atoms with E-state index in [9.17, 15) is 4.79 Å². The molecule has 23 heavy (non-hydrogen) atoms. The molecule has 1 saturated heterocycles. The summed E-state index contributed by atoms with van der Waals surface area (Å²) in [6.45, 7) is 4.36. The predicted octanol–water partition coefficient (Wildman–Crippen LogP) is 2.96.